The Bertz CT molecular complexity index is 969. The Labute approximate surface area is 177 Å². The van der Waals surface area contributed by atoms with Crippen molar-refractivity contribution in [1.82, 2.24) is 9.97 Å². The minimum absolute atomic E-state index is 0.0369. The van der Waals surface area contributed by atoms with Crippen molar-refractivity contribution in [2.75, 3.05) is 5.01 Å². The lowest BCUT2D eigenvalue weighted by atomic mass is 9.79. The van der Waals surface area contributed by atoms with Crippen molar-refractivity contribution in [2.45, 2.75) is 58.3 Å². The Morgan fingerprint density at radius 1 is 1.07 bits per heavy atom. The molecule has 0 N–H and O–H groups in total. The van der Waals surface area contributed by atoms with Crippen LogP contribution >= 0.6 is 0 Å². The van der Waals surface area contributed by atoms with E-state index in [1.807, 2.05) is 57.0 Å². The molecule has 0 saturated carbocycles. The van der Waals surface area contributed by atoms with Gasteiger partial charge >= 0.3 is 7.12 Å². The first-order chi connectivity index (χ1) is 14.2. The van der Waals surface area contributed by atoms with E-state index in [1.165, 1.54) is 0 Å². The summed E-state index contributed by atoms with van der Waals surface area (Å²) in [6.07, 6.45) is 3.78. The lowest BCUT2D eigenvalue weighted by Crippen LogP contribution is -2.41. The van der Waals surface area contributed by atoms with Crippen molar-refractivity contribution < 1.29 is 9.31 Å². The number of hydrogen-bond donors (Lipinski definition) is 0. The number of rotatable bonds is 4. The van der Waals surface area contributed by atoms with Crippen LogP contribution in [0.25, 0.3) is 0 Å². The van der Waals surface area contributed by atoms with Crippen molar-refractivity contribution in [1.29, 1.82) is 5.26 Å². The van der Waals surface area contributed by atoms with Crippen LogP contribution in [0.5, 0.6) is 0 Å². The summed E-state index contributed by atoms with van der Waals surface area (Å²) < 4.78 is 12.3. The van der Waals surface area contributed by atoms with Crippen molar-refractivity contribution >= 4 is 24.0 Å². The first-order valence-electron chi connectivity index (χ1n) is 10.2. The summed E-state index contributed by atoms with van der Waals surface area (Å²) in [5, 5.41) is 16.1. The predicted molar refractivity (Wildman–Crippen MR) is 116 cm³/mol. The van der Waals surface area contributed by atoms with Crippen LogP contribution in [0.2, 0.25) is 0 Å². The monoisotopic (exact) mass is 403 g/mol. The molecule has 0 aliphatic carbocycles. The molecule has 8 heteroatoms. The maximum Gasteiger partial charge on any atom is 0.494 e. The molecule has 1 saturated heterocycles. The van der Waals surface area contributed by atoms with E-state index in [-0.39, 0.29) is 23.2 Å². The van der Waals surface area contributed by atoms with E-state index in [9.17, 15) is 5.26 Å². The van der Waals surface area contributed by atoms with Crippen molar-refractivity contribution in [2.24, 2.45) is 11.0 Å². The number of hydrogen-bond acceptors (Lipinski definition) is 7. The highest BCUT2D eigenvalue weighted by molar-refractivity contribution is 6.62. The van der Waals surface area contributed by atoms with Gasteiger partial charge in [0.1, 0.15) is 5.71 Å². The molecule has 0 bridgehead atoms. The van der Waals surface area contributed by atoms with Gasteiger partial charge in [0.2, 0.25) is 0 Å². The maximum absolute atomic E-state index is 9.36. The molecule has 1 aromatic heterocycles. The van der Waals surface area contributed by atoms with Crippen LogP contribution in [0.3, 0.4) is 0 Å². The quantitative estimate of drug-likeness (QED) is 0.730. The lowest BCUT2D eigenvalue weighted by Gasteiger charge is -2.32. The van der Waals surface area contributed by atoms with Crippen LogP contribution in [0, 0.1) is 17.2 Å². The molecular formula is C22H26BN5O2. The highest BCUT2D eigenvalue weighted by atomic mass is 16.7. The third kappa shape index (κ3) is 3.49. The number of benzene rings is 1. The third-order valence-electron chi connectivity index (χ3n) is 6.32. The number of hydrazone groups is 1. The lowest BCUT2D eigenvalue weighted by molar-refractivity contribution is 0.00578. The van der Waals surface area contributed by atoms with E-state index >= 15 is 0 Å². The van der Waals surface area contributed by atoms with Gasteiger partial charge in [-0.25, -0.2) is 9.97 Å². The molecular weight excluding hydrogens is 377 g/mol. The normalized spacial score (nSPS) is 24.6. The molecule has 4 rings (SSSR count). The predicted octanol–water partition coefficient (Wildman–Crippen LogP) is 2.92. The van der Waals surface area contributed by atoms with Crippen LogP contribution < -0.4 is 10.5 Å². The zero-order valence-corrected chi connectivity index (χ0v) is 18.0. The molecule has 2 atom stereocenters. The molecule has 2 aliphatic heterocycles. The minimum Gasteiger partial charge on any atom is -0.399 e. The second-order valence-electron chi connectivity index (χ2n) is 8.80. The van der Waals surface area contributed by atoms with Gasteiger partial charge in [0.15, 0.2) is 5.82 Å². The molecule has 154 valence electrons. The molecule has 2 aromatic rings. The number of nitrogens with zero attached hydrogens (tertiary/aromatic N) is 5. The molecule has 3 heterocycles. The molecule has 0 radical (unpaired) electrons. The summed E-state index contributed by atoms with van der Waals surface area (Å²) in [4.78, 5) is 8.69. The van der Waals surface area contributed by atoms with Crippen LogP contribution in [-0.2, 0) is 9.31 Å². The Morgan fingerprint density at radius 3 is 2.23 bits per heavy atom. The Kier molecular flexibility index (Phi) is 5.12. The fourth-order valence-corrected chi connectivity index (χ4v) is 3.72. The first-order valence-corrected chi connectivity index (χ1v) is 10.2. The Balaban J connectivity index is 1.61. The van der Waals surface area contributed by atoms with Crippen molar-refractivity contribution in [3.05, 3.63) is 48.5 Å². The van der Waals surface area contributed by atoms with E-state index in [0.717, 1.165) is 16.9 Å². The fourth-order valence-electron chi connectivity index (χ4n) is 3.72. The fraction of sp³-hybridized carbons (Fsp3) is 0.455. The van der Waals surface area contributed by atoms with E-state index in [4.69, 9.17) is 14.4 Å². The summed E-state index contributed by atoms with van der Waals surface area (Å²) in [5.41, 5.74) is 1.90. The van der Waals surface area contributed by atoms with Crippen molar-refractivity contribution in [3.63, 3.8) is 0 Å². The summed E-state index contributed by atoms with van der Waals surface area (Å²) in [5.74, 6) is 0.638. The maximum atomic E-state index is 9.36. The van der Waals surface area contributed by atoms with E-state index < -0.39 is 7.12 Å². The Morgan fingerprint density at radius 2 is 1.67 bits per heavy atom. The van der Waals surface area contributed by atoms with Gasteiger partial charge < -0.3 is 9.31 Å². The highest BCUT2D eigenvalue weighted by Gasteiger charge is 2.51. The zero-order valence-electron chi connectivity index (χ0n) is 18.0. The average molecular weight is 403 g/mol. The molecule has 2 unspecified atom stereocenters. The largest absolute Gasteiger partial charge is 0.494 e. The second kappa shape index (κ2) is 7.49. The molecule has 0 spiro atoms. The van der Waals surface area contributed by atoms with Gasteiger partial charge in [-0.2, -0.15) is 10.4 Å². The first kappa shape index (κ1) is 20.5. The van der Waals surface area contributed by atoms with Crippen LogP contribution in [0.1, 0.15) is 46.9 Å². The zero-order chi connectivity index (χ0) is 21.5. The number of nitriles is 1. The summed E-state index contributed by atoms with van der Waals surface area (Å²) in [6.45, 7) is 10.2. The van der Waals surface area contributed by atoms with Crippen LogP contribution in [0.15, 0.2) is 47.8 Å². The van der Waals surface area contributed by atoms with E-state index in [0.29, 0.717) is 12.2 Å². The van der Waals surface area contributed by atoms with Gasteiger partial charge in [-0.3, -0.25) is 5.01 Å². The average Bonchev–Trinajstić information content (AvgIpc) is 3.16. The summed E-state index contributed by atoms with van der Waals surface area (Å²) >= 11 is 0. The molecule has 1 fully saturated rings. The van der Waals surface area contributed by atoms with Gasteiger partial charge in [-0.15, -0.1) is 0 Å². The minimum atomic E-state index is -0.409. The molecule has 2 aliphatic rings. The smallest absolute Gasteiger partial charge is 0.399 e. The van der Waals surface area contributed by atoms with Gasteiger partial charge in [-0.05, 0) is 51.4 Å². The molecule has 1 aromatic carbocycles. The highest BCUT2D eigenvalue weighted by Crippen LogP contribution is 2.37. The van der Waals surface area contributed by atoms with Gasteiger partial charge in [-0.1, -0.05) is 19.1 Å². The van der Waals surface area contributed by atoms with Gasteiger partial charge in [0, 0.05) is 18.3 Å². The number of anilines is 1. The SMILES string of the molecule is CC1C(c2ncccn2)=NN(c2ccc(B3OC(C)(C)C(C)(C)O3)cc2)C1CC#N. The molecule has 0 amide bonds. The van der Waals surface area contributed by atoms with Gasteiger partial charge in [0.25, 0.3) is 0 Å². The topological polar surface area (TPSA) is 83.6 Å². The van der Waals surface area contributed by atoms with E-state index in [1.54, 1.807) is 18.5 Å². The molecule has 30 heavy (non-hydrogen) atoms. The van der Waals surface area contributed by atoms with Crippen LogP contribution in [0.4, 0.5) is 5.69 Å². The van der Waals surface area contributed by atoms with Crippen LogP contribution in [-0.4, -0.2) is 40.0 Å². The Hall–Kier alpha value is -2.76. The summed E-state index contributed by atoms with van der Waals surface area (Å²) in [6, 6.07) is 12.0. The third-order valence-corrected chi connectivity index (χ3v) is 6.32. The summed E-state index contributed by atoms with van der Waals surface area (Å²) in [7, 11) is -0.409. The van der Waals surface area contributed by atoms with Crippen molar-refractivity contribution in [3.8, 4) is 6.07 Å². The van der Waals surface area contributed by atoms with E-state index in [2.05, 4.69) is 23.0 Å². The second-order valence-corrected chi connectivity index (χ2v) is 8.80. The van der Waals surface area contributed by atoms with Gasteiger partial charge in [0.05, 0.1) is 35.4 Å². The standard InChI is InChI=1S/C22H26BN5O2/c1-15-18(11-12-24)28(27-19(15)20-25-13-6-14-26-20)17-9-7-16(8-10-17)23-29-21(2,3)22(4,5)30-23/h6-10,13-15,18H,11H2,1-5H3. The molecule has 7 nitrogen and oxygen atoms in total. The number of aromatic nitrogens is 2.